The molecule has 2 atom stereocenters. The fourth-order valence-corrected chi connectivity index (χ4v) is 9.76. The lowest BCUT2D eigenvalue weighted by Crippen LogP contribution is -2.13. The quantitative estimate of drug-likeness (QED) is 0.287. The predicted molar refractivity (Wildman–Crippen MR) is 123 cm³/mol. The van der Waals surface area contributed by atoms with E-state index in [1.165, 1.54) is 52.0 Å². The molecule has 0 saturated carbocycles. The zero-order valence-corrected chi connectivity index (χ0v) is 18.5. The second-order valence-electron chi connectivity index (χ2n) is 8.49. The molecule has 0 radical (unpaired) electrons. The summed E-state index contributed by atoms with van der Waals surface area (Å²) in [6.45, 7) is 6.52. The summed E-state index contributed by atoms with van der Waals surface area (Å²) < 4.78 is 10.2. The highest BCUT2D eigenvalue weighted by atomic mass is 32.1. The highest BCUT2D eigenvalue weighted by Gasteiger charge is 2.34. The van der Waals surface area contributed by atoms with E-state index in [1.807, 2.05) is 11.3 Å². The third-order valence-electron chi connectivity index (χ3n) is 7.02. The summed E-state index contributed by atoms with van der Waals surface area (Å²) in [5.41, 5.74) is 7.82. The van der Waals surface area contributed by atoms with E-state index in [-0.39, 0.29) is 0 Å². The van der Waals surface area contributed by atoms with E-state index in [9.17, 15) is 9.59 Å². The molecule has 7 rings (SSSR count). The van der Waals surface area contributed by atoms with Crippen LogP contribution in [-0.2, 0) is 13.1 Å². The van der Waals surface area contributed by atoms with Crippen molar-refractivity contribution in [1.29, 1.82) is 0 Å². The fraction of sp³-hybridized carbons (Fsp3) is 0.364. The third-order valence-corrected chi connectivity index (χ3v) is 10.8. The predicted octanol–water partition coefficient (Wildman–Crippen LogP) is 6.73. The number of hydrogen-bond donors (Lipinski definition) is 0. The first kappa shape index (κ1) is 16.8. The van der Waals surface area contributed by atoms with Gasteiger partial charge in [-0.2, -0.15) is 0 Å². The summed E-state index contributed by atoms with van der Waals surface area (Å²) >= 11 is 5.20. The highest BCUT2D eigenvalue weighted by Crippen LogP contribution is 2.54. The van der Waals surface area contributed by atoms with E-state index in [2.05, 4.69) is 23.0 Å². The molecule has 7 heterocycles. The minimum atomic E-state index is 0.438. The Morgan fingerprint density at radius 2 is 1.10 bits per heavy atom. The van der Waals surface area contributed by atoms with Crippen molar-refractivity contribution in [3.63, 3.8) is 0 Å². The summed E-state index contributed by atoms with van der Waals surface area (Å²) in [6.07, 6.45) is 4.25. The maximum atomic E-state index is 11.7. The standard InChI is InChI=1S/C22H18N2O2S3/c1-9-3-5-23-15-13(9)11(7-25)27-19(15)21-17(23)18-22(29-21)20-16-14(12(8-26)28-20)10(2)4-6-24(16)18/h7-10H,3-6H2,1-2H3. The summed E-state index contributed by atoms with van der Waals surface area (Å²) in [6, 6.07) is 0. The number of carbonyl (C=O) groups excluding carboxylic acids is 2. The normalized spacial score (nSPS) is 21.2. The van der Waals surface area contributed by atoms with E-state index in [0.29, 0.717) is 11.8 Å². The minimum absolute atomic E-state index is 0.438. The molecule has 5 aromatic rings. The van der Waals surface area contributed by atoms with Crippen LogP contribution < -0.4 is 0 Å². The van der Waals surface area contributed by atoms with Gasteiger partial charge in [-0.25, -0.2) is 0 Å². The van der Waals surface area contributed by atoms with Crippen LogP contribution in [0, 0.1) is 0 Å². The van der Waals surface area contributed by atoms with Crippen LogP contribution in [0.1, 0.15) is 69.0 Å². The summed E-state index contributed by atoms with van der Waals surface area (Å²) in [7, 11) is 0. The van der Waals surface area contributed by atoms with E-state index in [0.717, 1.165) is 48.3 Å². The molecule has 0 aliphatic carbocycles. The van der Waals surface area contributed by atoms with E-state index in [1.54, 1.807) is 22.7 Å². The van der Waals surface area contributed by atoms with Crippen LogP contribution >= 0.6 is 34.0 Å². The molecule has 146 valence electrons. The number of carbonyl (C=O) groups is 2. The average Bonchev–Trinajstić information content (AvgIpc) is 3.47. The second kappa shape index (κ2) is 5.39. The number of thiophene rings is 3. The maximum Gasteiger partial charge on any atom is 0.160 e. The number of aromatic nitrogens is 2. The van der Waals surface area contributed by atoms with Crippen LogP contribution in [0.4, 0.5) is 0 Å². The Labute approximate surface area is 178 Å². The van der Waals surface area contributed by atoms with Gasteiger partial charge in [0.1, 0.15) is 0 Å². The Balaban J connectivity index is 1.72. The van der Waals surface area contributed by atoms with E-state index in [4.69, 9.17) is 0 Å². The van der Waals surface area contributed by atoms with Gasteiger partial charge in [0, 0.05) is 24.2 Å². The first-order valence-corrected chi connectivity index (χ1v) is 12.5. The lowest BCUT2D eigenvalue weighted by Gasteiger charge is -2.22. The van der Waals surface area contributed by atoms with Gasteiger partial charge in [-0.3, -0.25) is 9.59 Å². The summed E-state index contributed by atoms with van der Waals surface area (Å²) in [5.74, 6) is 0.875. The molecule has 5 aromatic heterocycles. The molecule has 2 aliphatic heterocycles. The van der Waals surface area contributed by atoms with Crippen LogP contribution in [0.15, 0.2) is 0 Å². The Bertz CT molecular complexity index is 1420. The molecular formula is C22H18N2O2S3. The monoisotopic (exact) mass is 438 g/mol. The van der Waals surface area contributed by atoms with Gasteiger partial charge in [0.15, 0.2) is 12.6 Å². The van der Waals surface area contributed by atoms with E-state index >= 15 is 0 Å². The van der Waals surface area contributed by atoms with Crippen molar-refractivity contribution in [3.8, 4) is 0 Å². The molecule has 0 aromatic carbocycles. The van der Waals surface area contributed by atoms with Gasteiger partial charge < -0.3 is 9.13 Å². The highest BCUT2D eigenvalue weighted by molar-refractivity contribution is 7.34. The molecule has 0 amide bonds. The van der Waals surface area contributed by atoms with Crippen molar-refractivity contribution in [1.82, 2.24) is 9.13 Å². The first-order chi connectivity index (χ1) is 14.1. The molecule has 4 nitrogen and oxygen atoms in total. The van der Waals surface area contributed by atoms with Crippen molar-refractivity contribution in [2.24, 2.45) is 0 Å². The average molecular weight is 439 g/mol. The Hall–Kier alpha value is -1.96. The van der Waals surface area contributed by atoms with Crippen LogP contribution in [-0.4, -0.2) is 21.7 Å². The summed E-state index contributed by atoms with van der Waals surface area (Å²) in [5, 5.41) is 0. The lowest BCUT2D eigenvalue weighted by molar-refractivity contribution is 0.111. The number of aldehydes is 2. The Morgan fingerprint density at radius 1 is 0.690 bits per heavy atom. The molecule has 0 saturated heterocycles. The zero-order valence-electron chi connectivity index (χ0n) is 16.1. The van der Waals surface area contributed by atoms with Gasteiger partial charge in [0.25, 0.3) is 0 Å². The van der Waals surface area contributed by atoms with Gasteiger partial charge in [-0.05, 0) is 24.7 Å². The van der Waals surface area contributed by atoms with Crippen LogP contribution in [0.5, 0.6) is 0 Å². The molecule has 0 N–H and O–H groups in total. The molecule has 0 spiro atoms. The molecule has 0 fully saturated rings. The number of nitrogens with zero attached hydrogens (tertiary/aromatic N) is 2. The van der Waals surface area contributed by atoms with Crippen LogP contribution in [0.3, 0.4) is 0 Å². The van der Waals surface area contributed by atoms with Crippen molar-refractivity contribution in [2.45, 2.75) is 51.6 Å². The fourth-order valence-electron chi connectivity index (χ4n) is 5.70. The van der Waals surface area contributed by atoms with E-state index < -0.39 is 0 Å². The topological polar surface area (TPSA) is 44.0 Å². The zero-order chi connectivity index (χ0) is 19.6. The minimum Gasteiger partial charge on any atom is -0.337 e. The first-order valence-electron chi connectivity index (χ1n) is 10.1. The van der Waals surface area contributed by atoms with Crippen LogP contribution in [0.25, 0.3) is 40.9 Å². The van der Waals surface area contributed by atoms with Gasteiger partial charge in [-0.15, -0.1) is 34.0 Å². The lowest BCUT2D eigenvalue weighted by atomic mass is 9.95. The van der Waals surface area contributed by atoms with Crippen molar-refractivity contribution < 1.29 is 9.59 Å². The molecular weight excluding hydrogens is 420 g/mol. The molecule has 2 unspecified atom stereocenters. The van der Waals surface area contributed by atoms with Gasteiger partial charge in [0.2, 0.25) is 0 Å². The second-order valence-corrected chi connectivity index (χ2v) is 11.6. The molecule has 7 heteroatoms. The number of hydrogen-bond acceptors (Lipinski definition) is 5. The van der Waals surface area contributed by atoms with Crippen molar-refractivity contribution in [3.05, 3.63) is 20.9 Å². The number of fused-ring (bicyclic) bond motifs is 7. The van der Waals surface area contributed by atoms with Gasteiger partial charge in [0.05, 0.1) is 50.6 Å². The Morgan fingerprint density at radius 3 is 1.52 bits per heavy atom. The van der Waals surface area contributed by atoms with Crippen molar-refractivity contribution in [2.75, 3.05) is 0 Å². The largest absolute Gasteiger partial charge is 0.337 e. The van der Waals surface area contributed by atoms with Crippen LogP contribution in [0.2, 0.25) is 0 Å². The van der Waals surface area contributed by atoms with Gasteiger partial charge >= 0.3 is 0 Å². The SMILES string of the molecule is CC1CCn2c3c1c(C=O)sc3c1sc3c4sc(C=O)c5c4n(c3c12)CCC5C. The smallest absolute Gasteiger partial charge is 0.160 e. The third kappa shape index (κ3) is 1.78. The Kier molecular flexibility index (Phi) is 3.12. The van der Waals surface area contributed by atoms with Crippen molar-refractivity contribution >= 4 is 87.4 Å². The van der Waals surface area contributed by atoms with Gasteiger partial charge in [-0.1, -0.05) is 13.8 Å². The maximum absolute atomic E-state index is 11.7. The molecule has 2 aliphatic rings. The number of aryl methyl sites for hydroxylation is 2. The molecule has 0 bridgehead atoms. The molecule has 29 heavy (non-hydrogen) atoms. The summed E-state index contributed by atoms with van der Waals surface area (Å²) in [4.78, 5) is 25.3. The number of rotatable bonds is 2.